The molecule has 7 nitrogen and oxygen atoms in total. The van der Waals surface area contributed by atoms with Gasteiger partial charge in [0.25, 0.3) is 11.5 Å². The quantitative estimate of drug-likeness (QED) is 0.594. The molecule has 1 fully saturated rings. The number of aromatic carboxylic acids is 1. The van der Waals surface area contributed by atoms with Gasteiger partial charge in [-0.1, -0.05) is 18.2 Å². The summed E-state index contributed by atoms with van der Waals surface area (Å²) >= 11 is 0. The molecule has 0 amide bonds. The summed E-state index contributed by atoms with van der Waals surface area (Å²) in [7, 11) is 1.55. The highest BCUT2D eigenvalue weighted by Gasteiger charge is 2.36. The number of rotatable bonds is 5. The predicted molar refractivity (Wildman–Crippen MR) is 124 cm³/mol. The minimum absolute atomic E-state index is 0.126. The molecule has 3 aromatic rings. The second kappa shape index (κ2) is 8.46. The maximum atomic E-state index is 14.1. The van der Waals surface area contributed by atoms with Crippen molar-refractivity contribution in [1.82, 2.24) is 9.55 Å². The Morgan fingerprint density at radius 2 is 2.00 bits per heavy atom. The molecule has 1 aliphatic rings. The van der Waals surface area contributed by atoms with Gasteiger partial charge in [-0.2, -0.15) is 0 Å². The molecule has 0 radical (unpaired) electrons. The highest BCUT2D eigenvalue weighted by molar-refractivity contribution is 5.94. The summed E-state index contributed by atoms with van der Waals surface area (Å²) in [5.41, 5.74) is 2.20. The number of hydrogen-bond donors (Lipinski definition) is 2. The second-order valence-corrected chi connectivity index (χ2v) is 8.62. The van der Waals surface area contributed by atoms with Crippen molar-refractivity contribution in [3.63, 3.8) is 0 Å². The number of carboxylic acid groups (broad SMARTS) is 1. The molecule has 2 aromatic carbocycles. The van der Waals surface area contributed by atoms with E-state index in [9.17, 15) is 23.5 Å². The van der Waals surface area contributed by atoms with Crippen molar-refractivity contribution < 1.29 is 18.7 Å². The molecule has 0 unspecified atom stereocenters. The minimum atomic E-state index is -2.84. The number of aryl methyl sites for hydroxylation is 1. The summed E-state index contributed by atoms with van der Waals surface area (Å²) in [5, 5.41) is 13.1. The average Bonchev–Trinajstić information content (AvgIpc) is 2.75. The molecule has 0 bridgehead atoms. The summed E-state index contributed by atoms with van der Waals surface area (Å²) in [6.45, 7) is 3.61. The third-order valence-corrected chi connectivity index (χ3v) is 6.00. The van der Waals surface area contributed by atoms with Crippen LogP contribution in [0.3, 0.4) is 0 Å². The molecule has 1 saturated heterocycles. The van der Waals surface area contributed by atoms with Crippen LogP contribution in [0.4, 0.5) is 20.4 Å². The van der Waals surface area contributed by atoms with E-state index in [1.165, 1.54) is 15.5 Å². The van der Waals surface area contributed by atoms with Crippen molar-refractivity contribution >= 4 is 28.5 Å². The number of para-hydroxylation sites is 1. The normalized spacial score (nSPS) is 16.6. The Balaban J connectivity index is 1.83. The van der Waals surface area contributed by atoms with Crippen LogP contribution in [0.25, 0.3) is 10.9 Å². The van der Waals surface area contributed by atoms with Gasteiger partial charge in [0.2, 0.25) is 5.95 Å². The monoisotopic (exact) mass is 456 g/mol. The number of carboxylic acids is 1. The summed E-state index contributed by atoms with van der Waals surface area (Å²) < 4.78 is 29.5. The van der Waals surface area contributed by atoms with Crippen molar-refractivity contribution in [2.45, 2.75) is 38.7 Å². The molecule has 1 aromatic heterocycles. The lowest BCUT2D eigenvalue weighted by molar-refractivity contribution is -0.0122. The largest absolute Gasteiger partial charge is 0.478 e. The Morgan fingerprint density at radius 3 is 2.70 bits per heavy atom. The highest BCUT2D eigenvalue weighted by atomic mass is 19.3. The first kappa shape index (κ1) is 22.7. The van der Waals surface area contributed by atoms with Gasteiger partial charge in [-0.15, -0.1) is 0 Å². The highest BCUT2D eigenvalue weighted by Crippen LogP contribution is 2.31. The Morgan fingerprint density at radius 1 is 1.27 bits per heavy atom. The Bertz CT molecular complexity index is 1290. The number of carbonyl (C=O) groups is 1. The number of fused-ring (bicyclic) bond motifs is 1. The molecule has 1 atom stereocenters. The van der Waals surface area contributed by atoms with Gasteiger partial charge in [0.05, 0.1) is 29.1 Å². The molecule has 2 N–H and O–H groups in total. The molecule has 174 valence electrons. The lowest BCUT2D eigenvalue weighted by Crippen LogP contribution is -2.45. The fourth-order valence-corrected chi connectivity index (χ4v) is 4.40. The number of nitrogens with one attached hydrogen (secondary N) is 1. The summed E-state index contributed by atoms with van der Waals surface area (Å²) in [6.07, 6.45) is 0.130. The van der Waals surface area contributed by atoms with Crippen LogP contribution >= 0.6 is 0 Å². The van der Waals surface area contributed by atoms with Crippen LogP contribution in [-0.4, -0.2) is 39.6 Å². The van der Waals surface area contributed by atoms with E-state index in [2.05, 4.69) is 10.3 Å². The number of aromatic nitrogens is 2. The van der Waals surface area contributed by atoms with Crippen molar-refractivity contribution in [2.75, 3.05) is 23.3 Å². The molecular weight excluding hydrogens is 430 g/mol. The fourth-order valence-electron chi connectivity index (χ4n) is 4.40. The summed E-state index contributed by atoms with van der Waals surface area (Å²) in [4.78, 5) is 30.9. The zero-order valence-electron chi connectivity index (χ0n) is 18.7. The van der Waals surface area contributed by atoms with Gasteiger partial charge in [-0.3, -0.25) is 9.36 Å². The van der Waals surface area contributed by atoms with Gasteiger partial charge in [-0.25, -0.2) is 18.6 Å². The molecule has 4 rings (SSSR count). The van der Waals surface area contributed by atoms with E-state index in [1.807, 2.05) is 19.9 Å². The third kappa shape index (κ3) is 4.40. The average molecular weight is 456 g/mol. The van der Waals surface area contributed by atoms with Crippen LogP contribution in [0, 0.1) is 6.92 Å². The van der Waals surface area contributed by atoms with Crippen molar-refractivity contribution in [3.8, 4) is 0 Å². The fraction of sp³-hybridized carbons (Fsp3) is 0.375. The SMILES string of the molecule is Cc1cc([C@H](C)Nc2ccccc2C(=O)O)c2nc(N3CCCC(F)(F)C3)n(C)c(=O)c2c1. The van der Waals surface area contributed by atoms with Crippen LogP contribution in [0.1, 0.15) is 47.3 Å². The molecule has 33 heavy (non-hydrogen) atoms. The van der Waals surface area contributed by atoms with Crippen molar-refractivity contribution in [2.24, 2.45) is 7.05 Å². The lowest BCUT2D eigenvalue weighted by Gasteiger charge is -2.34. The van der Waals surface area contributed by atoms with E-state index in [-0.39, 0.29) is 23.5 Å². The number of nitrogens with zero attached hydrogens (tertiary/aromatic N) is 3. The number of piperidine rings is 1. The van der Waals surface area contributed by atoms with E-state index in [1.54, 1.807) is 31.3 Å². The third-order valence-electron chi connectivity index (χ3n) is 6.00. The molecule has 0 aliphatic carbocycles. The summed E-state index contributed by atoms with van der Waals surface area (Å²) in [5.74, 6) is -3.69. The molecule has 0 spiro atoms. The smallest absolute Gasteiger partial charge is 0.337 e. The number of anilines is 2. The summed E-state index contributed by atoms with van der Waals surface area (Å²) in [6, 6.07) is 9.78. The Hall–Kier alpha value is -3.49. The maximum Gasteiger partial charge on any atom is 0.337 e. The number of hydrogen-bond acceptors (Lipinski definition) is 5. The van der Waals surface area contributed by atoms with E-state index < -0.39 is 24.5 Å². The molecular formula is C24H26F2N4O3. The topological polar surface area (TPSA) is 87.5 Å². The van der Waals surface area contributed by atoms with Gasteiger partial charge in [0, 0.05) is 31.3 Å². The van der Waals surface area contributed by atoms with Crippen LogP contribution in [0.2, 0.25) is 0 Å². The van der Waals surface area contributed by atoms with Gasteiger partial charge in [0.15, 0.2) is 0 Å². The standard InChI is InChI=1S/C24H26F2N4O3/c1-14-11-17(15(2)27-19-8-5-4-7-16(19)22(32)33)20-18(12-14)21(31)29(3)23(28-20)30-10-6-9-24(25,26)13-30/h4-5,7-8,11-12,15,27H,6,9-10,13H2,1-3H3,(H,32,33)/t15-/m0/s1. The van der Waals surface area contributed by atoms with Crippen LogP contribution in [0.15, 0.2) is 41.2 Å². The zero-order valence-corrected chi connectivity index (χ0v) is 18.7. The van der Waals surface area contributed by atoms with Gasteiger partial charge in [0.1, 0.15) is 0 Å². The zero-order chi connectivity index (χ0) is 23.9. The Kier molecular flexibility index (Phi) is 5.82. The maximum absolute atomic E-state index is 14.1. The van der Waals surface area contributed by atoms with Gasteiger partial charge in [-0.05, 0) is 44.0 Å². The van der Waals surface area contributed by atoms with E-state index >= 15 is 0 Å². The van der Waals surface area contributed by atoms with E-state index in [0.717, 1.165) is 5.56 Å². The first-order valence-electron chi connectivity index (χ1n) is 10.8. The number of alkyl halides is 2. The Labute approximate surface area is 189 Å². The van der Waals surface area contributed by atoms with Crippen molar-refractivity contribution in [3.05, 3.63) is 63.4 Å². The first-order chi connectivity index (χ1) is 15.6. The van der Waals surface area contributed by atoms with Crippen LogP contribution in [0.5, 0.6) is 0 Å². The van der Waals surface area contributed by atoms with E-state index in [0.29, 0.717) is 35.1 Å². The van der Waals surface area contributed by atoms with E-state index in [4.69, 9.17) is 0 Å². The van der Waals surface area contributed by atoms with Crippen molar-refractivity contribution in [1.29, 1.82) is 0 Å². The minimum Gasteiger partial charge on any atom is -0.478 e. The molecule has 0 saturated carbocycles. The number of halogens is 2. The first-order valence-corrected chi connectivity index (χ1v) is 10.8. The number of benzene rings is 2. The molecule has 1 aliphatic heterocycles. The van der Waals surface area contributed by atoms with Gasteiger partial charge < -0.3 is 15.3 Å². The predicted octanol–water partition coefficient (Wildman–Crippen LogP) is 4.35. The van der Waals surface area contributed by atoms with Gasteiger partial charge >= 0.3 is 5.97 Å². The second-order valence-electron chi connectivity index (χ2n) is 8.62. The molecule has 9 heteroatoms. The lowest BCUT2D eigenvalue weighted by atomic mass is 10.0. The molecule has 2 heterocycles. The van der Waals surface area contributed by atoms with Crippen LogP contribution in [-0.2, 0) is 7.05 Å². The van der Waals surface area contributed by atoms with Crippen LogP contribution < -0.4 is 15.8 Å².